The lowest BCUT2D eigenvalue weighted by Gasteiger charge is -2.50. The van der Waals surface area contributed by atoms with Crippen LogP contribution in [-0.2, 0) is 0 Å². The van der Waals surface area contributed by atoms with Crippen LogP contribution in [0.5, 0.6) is 0 Å². The predicted molar refractivity (Wildman–Crippen MR) is 65.6 cm³/mol. The van der Waals surface area contributed by atoms with E-state index in [0.717, 1.165) is 15.9 Å². The Morgan fingerprint density at radius 2 is 2.19 bits per heavy atom. The van der Waals surface area contributed by atoms with Crippen molar-refractivity contribution in [2.75, 3.05) is 26.7 Å². The summed E-state index contributed by atoms with van der Waals surface area (Å²) in [5.41, 5.74) is 0. The molecule has 4 heterocycles. The molecule has 0 unspecified atom stereocenters. The van der Waals surface area contributed by atoms with Crippen LogP contribution in [0.1, 0.15) is 22.5 Å². The van der Waals surface area contributed by atoms with Crippen LogP contribution in [0.15, 0.2) is 17.5 Å². The Hall–Kier alpha value is -0.670. The number of carbonyl (C=O) groups is 1. The van der Waals surface area contributed by atoms with E-state index in [1.54, 1.807) is 11.3 Å². The zero-order valence-corrected chi connectivity index (χ0v) is 10.5. The molecule has 3 fully saturated rings. The molecular formula is C13H18NOS+. The van der Waals surface area contributed by atoms with Gasteiger partial charge in [-0.05, 0) is 17.4 Å². The molecule has 0 amide bonds. The summed E-state index contributed by atoms with van der Waals surface area (Å²) in [6.07, 6.45) is 2.50. The van der Waals surface area contributed by atoms with Gasteiger partial charge in [0.15, 0.2) is 5.78 Å². The first-order valence-corrected chi connectivity index (χ1v) is 6.97. The number of hydrogen-bond donors (Lipinski definition) is 0. The first-order valence-electron chi connectivity index (χ1n) is 6.09. The van der Waals surface area contributed by atoms with Crippen LogP contribution in [0, 0.1) is 11.8 Å². The average Bonchev–Trinajstić information content (AvgIpc) is 2.81. The quantitative estimate of drug-likeness (QED) is 0.569. The average molecular weight is 236 g/mol. The molecule has 3 aliphatic heterocycles. The minimum Gasteiger partial charge on any atom is -0.325 e. The van der Waals surface area contributed by atoms with Crippen LogP contribution in [0.25, 0.3) is 0 Å². The lowest BCUT2D eigenvalue weighted by molar-refractivity contribution is -0.927. The predicted octanol–water partition coefficient (Wildman–Crippen LogP) is 2.42. The zero-order chi connectivity index (χ0) is 11.2. The summed E-state index contributed by atoms with van der Waals surface area (Å²) in [6, 6.07) is 3.96. The molecule has 3 heteroatoms. The maximum Gasteiger partial charge on any atom is 0.181 e. The molecule has 0 saturated carbocycles. The Bertz CT molecular complexity index is 390. The molecule has 16 heavy (non-hydrogen) atoms. The smallest absolute Gasteiger partial charge is 0.181 e. The summed E-state index contributed by atoms with van der Waals surface area (Å²) in [5, 5.41) is 2.00. The van der Waals surface area contributed by atoms with Gasteiger partial charge in [0.05, 0.1) is 37.5 Å². The first kappa shape index (κ1) is 10.5. The second kappa shape index (κ2) is 3.67. The van der Waals surface area contributed by atoms with Crippen LogP contribution in [0.3, 0.4) is 0 Å². The van der Waals surface area contributed by atoms with E-state index in [2.05, 4.69) is 7.05 Å². The highest BCUT2D eigenvalue weighted by molar-refractivity contribution is 7.12. The molecule has 0 spiro atoms. The van der Waals surface area contributed by atoms with Gasteiger partial charge in [-0.15, -0.1) is 11.3 Å². The molecule has 2 nitrogen and oxygen atoms in total. The standard InChI is InChI=1S/C13H18NOS/c1-14-6-4-10(5-7-14)11(9-14)13(15)12-3-2-8-16-12/h2-3,8,10-11H,4-7,9H2,1H3/q+1/t10?,11-,14?/m0/s1. The molecule has 2 bridgehead atoms. The number of thiophene rings is 1. The van der Waals surface area contributed by atoms with Crippen molar-refractivity contribution >= 4 is 17.1 Å². The minimum absolute atomic E-state index is 0.297. The van der Waals surface area contributed by atoms with Gasteiger partial charge in [0.25, 0.3) is 0 Å². The number of carbonyl (C=O) groups excluding carboxylic acids is 1. The molecule has 0 radical (unpaired) electrons. The highest BCUT2D eigenvalue weighted by Crippen LogP contribution is 2.38. The van der Waals surface area contributed by atoms with Gasteiger partial charge in [-0.25, -0.2) is 0 Å². The molecule has 1 aromatic rings. The van der Waals surface area contributed by atoms with Gasteiger partial charge in [-0.3, -0.25) is 4.79 Å². The Morgan fingerprint density at radius 1 is 1.44 bits per heavy atom. The third-order valence-electron chi connectivity index (χ3n) is 4.39. The normalized spacial score (nSPS) is 37.6. The van der Waals surface area contributed by atoms with Crippen molar-refractivity contribution in [3.63, 3.8) is 0 Å². The van der Waals surface area contributed by atoms with Gasteiger partial charge in [0, 0.05) is 12.8 Å². The minimum atomic E-state index is 0.297. The molecular weight excluding hydrogens is 218 g/mol. The van der Waals surface area contributed by atoms with Gasteiger partial charge in [-0.2, -0.15) is 0 Å². The number of hydrogen-bond acceptors (Lipinski definition) is 2. The van der Waals surface area contributed by atoms with E-state index < -0.39 is 0 Å². The van der Waals surface area contributed by atoms with Crippen molar-refractivity contribution in [3.8, 4) is 0 Å². The maximum absolute atomic E-state index is 12.4. The third-order valence-corrected chi connectivity index (χ3v) is 5.27. The van der Waals surface area contributed by atoms with Crippen molar-refractivity contribution in [1.29, 1.82) is 0 Å². The van der Waals surface area contributed by atoms with Crippen molar-refractivity contribution in [1.82, 2.24) is 0 Å². The van der Waals surface area contributed by atoms with Gasteiger partial charge in [0.2, 0.25) is 0 Å². The molecule has 0 N–H and O–H groups in total. The second-order valence-electron chi connectivity index (χ2n) is 5.53. The van der Waals surface area contributed by atoms with Gasteiger partial charge >= 0.3 is 0 Å². The fourth-order valence-corrected chi connectivity index (χ4v) is 4.05. The Balaban J connectivity index is 1.83. The van der Waals surface area contributed by atoms with E-state index >= 15 is 0 Å². The Labute approximate surface area is 100 Å². The number of nitrogens with zero attached hydrogens (tertiary/aromatic N) is 1. The number of ketones is 1. The van der Waals surface area contributed by atoms with Crippen LogP contribution in [0.4, 0.5) is 0 Å². The monoisotopic (exact) mass is 236 g/mol. The highest BCUT2D eigenvalue weighted by Gasteiger charge is 2.46. The number of piperidine rings is 3. The first-order chi connectivity index (χ1) is 7.68. The fraction of sp³-hybridized carbons (Fsp3) is 0.615. The lowest BCUT2D eigenvalue weighted by Crippen LogP contribution is -2.60. The number of Topliss-reactive ketones (excluding diaryl/α,β-unsaturated/α-hetero) is 1. The summed E-state index contributed by atoms with van der Waals surface area (Å²) in [6.45, 7) is 3.62. The molecule has 3 saturated heterocycles. The van der Waals surface area contributed by atoms with E-state index in [9.17, 15) is 4.79 Å². The fourth-order valence-electron chi connectivity index (χ4n) is 3.32. The maximum atomic E-state index is 12.4. The van der Waals surface area contributed by atoms with E-state index in [1.807, 2.05) is 17.5 Å². The van der Waals surface area contributed by atoms with E-state index in [1.165, 1.54) is 25.9 Å². The third kappa shape index (κ3) is 1.62. The van der Waals surface area contributed by atoms with E-state index in [-0.39, 0.29) is 0 Å². The van der Waals surface area contributed by atoms with Crippen molar-refractivity contribution in [2.24, 2.45) is 11.8 Å². The summed E-state index contributed by atoms with van der Waals surface area (Å²) in [7, 11) is 2.31. The van der Waals surface area contributed by atoms with Gasteiger partial charge in [-0.1, -0.05) is 6.07 Å². The number of quaternary nitrogens is 1. The zero-order valence-electron chi connectivity index (χ0n) is 9.69. The Kier molecular flexibility index (Phi) is 2.41. The van der Waals surface area contributed by atoms with E-state index in [0.29, 0.717) is 17.6 Å². The Morgan fingerprint density at radius 3 is 2.75 bits per heavy atom. The summed E-state index contributed by atoms with van der Waals surface area (Å²) >= 11 is 1.59. The van der Waals surface area contributed by atoms with Crippen LogP contribution < -0.4 is 0 Å². The van der Waals surface area contributed by atoms with Crippen LogP contribution in [0.2, 0.25) is 0 Å². The topological polar surface area (TPSA) is 17.1 Å². The van der Waals surface area contributed by atoms with Gasteiger partial charge in [0.1, 0.15) is 0 Å². The molecule has 1 aromatic heterocycles. The van der Waals surface area contributed by atoms with Crippen molar-refractivity contribution < 1.29 is 9.28 Å². The molecule has 86 valence electrons. The number of fused-ring (bicyclic) bond motifs is 3. The second-order valence-corrected chi connectivity index (χ2v) is 6.48. The van der Waals surface area contributed by atoms with E-state index in [4.69, 9.17) is 0 Å². The largest absolute Gasteiger partial charge is 0.325 e. The molecule has 1 atom stereocenters. The molecule has 3 aliphatic rings. The highest BCUT2D eigenvalue weighted by atomic mass is 32.1. The molecule has 0 aromatic carbocycles. The SMILES string of the molecule is C[N+]12CCC(CC1)[C@@H](C(=O)c1cccs1)C2. The molecule has 0 aliphatic carbocycles. The summed E-state index contributed by atoms with van der Waals surface area (Å²) < 4.78 is 1.12. The van der Waals surface area contributed by atoms with Crippen LogP contribution >= 0.6 is 11.3 Å². The summed E-state index contributed by atoms with van der Waals surface area (Å²) in [5.74, 6) is 1.37. The number of rotatable bonds is 2. The van der Waals surface area contributed by atoms with Crippen molar-refractivity contribution in [3.05, 3.63) is 22.4 Å². The summed E-state index contributed by atoms with van der Waals surface area (Å²) in [4.78, 5) is 13.4. The lowest BCUT2D eigenvalue weighted by atomic mass is 9.75. The van der Waals surface area contributed by atoms with Gasteiger partial charge < -0.3 is 4.48 Å². The molecule has 4 rings (SSSR count). The van der Waals surface area contributed by atoms with Crippen molar-refractivity contribution in [2.45, 2.75) is 12.8 Å². The van der Waals surface area contributed by atoms with Crippen LogP contribution in [-0.4, -0.2) is 36.9 Å².